The van der Waals surface area contributed by atoms with Crippen molar-refractivity contribution in [3.8, 4) is 5.75 Å². The van der Waals surface area contributed by atoms with Gasteiger partial charge in [-0.2, -0.15) is 0 Å². The second-order valence-electron chi connectivity index (χ2n) is 3.72. The van der Waals surface area contributed by atoms with Crippen molar-refractivity contribution in [3.63, 3.8) is 0 Å². The normalized spacial score (nSPS) is 17.9. The molecule has 0 unspecified atom stereocenters. The van der Waals surface area contributed by atoms with Gasteiger partial charge in [0.15, 0.2) is 0 Å². The minimum atomic E-state index is -0.260. The number of ether oxygens (including phenoxy) is 1. The van der Waals surface area contributed by atoms with Gasteiger partial charge in [0.1, 0.15) is 11.6 Å². The molecule has 0 saturated heterocycles. The van der Waals surface area contributed by atoms with Crippen molar-refractivity contribution in [1.29, 1.82) is 0 Å². The lowest BCUT2D eigenvalue weighted by Crippen LogP contribution is -2.15. The predicted octanol–water partition coefficient (Wildman–Crippen LogP) is 2.24. The van der Waals surface area contributed by atoms with Gasteiger partial charge in [0, 0.05) is 11.6 Å². The lowest BCUT2D eigenvalue weighted by molar-refractivity contribution is 0.395. The molecule has 1 aliphatic carbocycles. The van der Waals surface area contributed by atoms with Gasteiger partial charge in [-0.3, -0.25) is 0 Å². The van der Waals surface area contributed by atoms with Crippen LogP contribution < -0.4 is 10.5 Å². The summed E-state index contributed by atoms with van der Waals surface area (Å²) in [6.45, 7) is 0. The maximum atomic E-state index is 13.5. The molecule has 0 radical (unpaired) electrons. The number of hydrogen-bond acceptors (Lipinski definition) is 2. The summed E-state index contributed by atoms with van der Waals surface area (Å²) in [4.78, 5) is 0. The summed E-state index contributed by atoms with van der Waals surface area (Å²) >= 11 is 0. The van der Waals surface area contributed by atoms with Crippen LogP contribution in [-0.4, -0.2) is 7.11 Å². The Hall–Kier alpha value is -1.09. The molecule has 0 aliphatic heterocycles. The van der Waals surface area contributed by atoms with Crippen LogP contribution in [0, 0.1) is 11.7 Å². The molecule has 3 heteroatoms. The molecule has 1 aromatic rings. The van der Waals surface area contributed by atoms with Crippen molar-refractivity contribution in [2.75, 3.05) is 7.11 Å². The van der Waals surface area contributed by atoms with Crippen LogP contribution in [0.3, 0.4) is 0 Å². The second kappa shape index (κ2) is 3.58. The van der Waals surface area contributed by atoms with E-state index in [1.165, 1.54) is 13.2 Å². The van der Waals surface area contributed by atoms with E-state index in [2.05, 4.69) is 0 Å². The van der Waals surface area contributed by atoms with Crippen LogP contribution in [0.2, 0.25) is 0 Å². The summed E-state index contributed by atoms with van der Waals surface area (Å²) in [5.74, 6) is 0.731. The van der Waals surface area contributed by atoms with E-state index < -0.39 is 0 Å². The Balaban J connectivity index is 2.37. The van der Waals surface area contributed by atoms with Crippen LogP contribution >= 0.6 is 0 Å². The van der Waals surface area contributed by atoms with Gasteiger partial charge < -0.3 is 10.5 Å². The molecular formula is C11H14FNO. The number of benzene rings is 1. The lowest BCUT2D eigenvalue weighted by Gasteiger charge is -2.15. The molecule has 2 nitrogen and oxygen atoms in total. The van der Waals surface area contributed by atoms with Gasteiger partial charge in [-0.15, -0.1) is 0 Å². The van der Waals surface area contributed by atoms with Crippen LogP contribution in [0.25, 0.3) is 0 Å². The number of nitrogens with two attached hydrogens (primary N) is 1. The fourth-order valence-electron chi connectivity index (χ4n) is 1.71. The van der Waals surface area contributed by atoms with Crippen LogP contribution in [0.5, 0.6) is 5.75 Å². The lowest BCUT2D eigenvalue weighted by atomic mass is 10.0. The van der Waals surface area contributed by atoms with Crippen molar-refractivity contribution in [3.05, 3.63) is 29.6 Å². The van der Waals surface area contributed by atoms with Crippen molar-refractivity contribution >= 4 is 0 Å². The zero-order valence-corrected chi connectivity index (χ0v) is 8.16. The Morgan fingerprint density at radius 2 is 2.21 bits per heavy atom. The third kappa shape index (κ3) is 1.60. The number of rotatable bonds is 3. The number of halogens is 1. The molecule has 1 atom stereocenters. The SMILES string of the molecule is COc1cccc(F)c1[C@H](N)C1CC1. The van der Waals surface area contributed by atoms with Gasteiger partial charge in [-0.1, -0.05) is 6.07 Å². The van der Waals surface area contributed by atoms with E-state index in [4.69, 9.17) is 10.5 Å². The third-order valence-electron chi connectivity index (χ3n) is 2.70. The topological polar surface area (TPSA) is 35.2 Å². The zero-order valence-electron chi connectivity index (χ0n) is 8.16. The summed E-state index contributed by atoms with van der Waals surface area (Å²) in [6.07, 6.45) is 2.19. The molecule has 76 valence electrons. The average Bonchev–Trinajstić information content (AvgIpc) is 2.99. The zero-order chi connectivity index (χ0) is 10.1. The Bertz CT molecular complexity index is 336. The molecule has 14 heavy (non-hydrogen) atoms. The summed E-state index contributed by atoms with van der Waals surface area (Å²) in [6, 6.07) is 4.60. The standard InChI is InChI=1S/C11H14FNO/c1-14-9-4-2-3-8(12)10(9)11(13)7-5-6-7/h2-4,7,11H,5-6,13H2,1H3/t11-/m1/s1. The van der Waals surface area contributed by atoms with Gasteiger partial charge in [-0.05, 0) is 30.9 Å². The van der Waals surface area contributed by atoms with E-state index >= 15 is 0 Å². The van der Waals surface area contributed by atoms with Crippen LogP contribution in [0.4, 0.5) is 4.39 Å². The first kappa shape index (κ1) is 9.46. The third-order valence-corrected chi connectivity index (χ3v) is 2.70. The highest BCUT2D eigenvalue weighted by Gasteiger charge is 2.32. The van der Waals surface area contributed by atoms with Crippen molar-refractivity contribution in [2.45, 2.75) is 18.9 Å². The van der Waals surface area contributed by atoms with Gasteiger partial charge in [0.2, 0.25) is 0 Å². The molecule has 1 aromatic carbocycles. The Morgan fingerprint density at radius 1 is 1.50 bits per heavy atom. The molecule has 1 fully saturated rings. The summed E-state index contributed by atoms with van der Waals surface area (Å²) < 4.78 is 18.6. The van der Waals surface area contributed by atoms with Crippen LogP contribution in [0.15, 0.2) is 18.2 Å². The molecule has 0 bridgehead atoms. The maximum absolute atomic E-state index is 13.5. The molecule has 0 aromatic heterocycles. The highest BCUT2D eigenvalue weighted by molar-refractivity contribution is 5.37. The smallest absolute Gasteiger partial charge is 0.131 e. The Labute approximate surface area is 82.9 Å². The minimum absolute atomic E-state index is 0.217. The molecule has 2 N–H and O–H groups in total. The average molecular weight is 195 g/mol. The molecule has 0 heterocycles. The first-order valence-corrected chi connectivity index (χ1v) is 4.82. The molecule has 1 aliphatic rings. The highest BCUT2D eigenvalue weighted by Crippen LogP contribution is 2.42. The van der Waals surface area contributed by atoms with E-state index in [9.17, 15) is 4.39 Å². The molecule has 1 saturated carbocycles. The quantitative estimate of drug-likeness (QED) is 0.802. The fraction of sp³-hybridized carbons (Fsp3) is 0.455. The van der Waals surface area contributed by atoms with Crippen LogP contribution in [0.1, 0.15) is 24.4 Å². The largest absolute Gasteiger partial charge is 0.496 e. The fourth-order valence-corrected chi connectivity index (χ4v) is 1.71. The molecule has 0 spiro atoms. The first-order valence-electron chi connectivity index (χ1n) is 4.82. The number of hydrogen-bond donors (Lipinski definition) is 1. The van der Waals surface area contributed by atoms with E-state index in [1.54, 1.807) is 12.1 Å². The maximum Gasteiger partial charge on any atom is 0.131 e. The number of methoxy groups -OCH3 is 1. The molecule has 2 rings (SSSR count). The predicted molar refractivity (Wildman–Crippen MR) is 52.6 cm³/mol. The summed E-state index contributed by atoms with van der Waals surface area (Å²) in [5.41, 5.74) is 6.48. The van der Waals surface area contributed by atoms with Crippen LogP contribution in [-0.2, 0) is 0 Å². The van der Waals surface area contributed by atoms with E-state index in [0.717, 1.165) is 12.8 Å². The van der Waals surface area contributed by atoms with Gasteiger partial charge in [0.25, 0.3) is 0 Å². The molecule has 0 amide bonds. The van der Waals surface area contributed by atoms with E-state index in [-0.39, 0.29) is 11.9 Å². The van der Waals surface area contributed by atoms with E-state index in [0.29, 0.717) is 17.2 Å². The first-order chi connectivity index (χ1) is 6.74. The van der Waals surface area contributed by atoms with Gasteiger partial charge >= 0.3 is 0 Å². The Kier molecular flexibility index (Phi) is 2.42. The summed E-state index contributed by atoms with van der Waals surface area (Å²) in [5, 5.41) is 0. The highest BCUT2D eigenvalue weighted by atomic mass is 19.1. The van der Waals surface area contributed by atoms with Gasteiger partial charge in [0.05, 0.1) is 7.11 Å². The van der Waals surface area contributed by atoms with Crippen molar-refractivity contribution < 1.29 is 9.13 Å². The summed E-state index contributed by atoms with van der Waals surface area (Å²) in [7, 11) is 1.54. The van der Waals surface area contributed by atoms with Crippen molar-refractivity contribution in [2.24, 2.45) is 11.7 Å². The van der Waals surface area contributed by atoms with E-state index in [1.807, 2.05) is 0 Å². The molecular weight excluding hydrogens is 181 g/mol. The van der Waals surface area contributed by atoms with Gasteiger partial charge in [-0.25, -0.2) is 4.39 Å². The monoisotopic (exact) mass is 195 g/mol. The minimum Gasteiger partial charge on any atom is -0.496 e. The Morgan fingerprint density at radius 3 is 2.79 bits per heavy atom. The van der Waals surface area contributed by atoms with Crippen molar-refractivity contribution in [1.82, 2.24) is 0 Å². The second-order valence-corrected chi connectivity index (χ2v) is 3.72.